The van der Waals surface area contributed by atoms with E-state index in [1.165, 1.54) is 0 Å². The summed E-state index contributed by atoms with van der Waals surface area (Å²) in [7, 11) is 0. The average molecular weight is 529 g/mol. The fourth-order valence-electron chi connectivity index (χ4n) is 3.23. The number of ether oxygens (including phenoxy) is 1. The van der Waals surface area contributed by atoms with Crippen molar-refractivity contribution in [2.24, 2.45) is 5.10 Å². The molecule has 0 atom stereocenters. The van der Waals surface area contributed by atoms with E-state index >= 15 is 0 Å². The van der Waals surface area contributed by atoms with Crippen LogP contribution in [-0.4, -0.2) is 28.8 Å². The Balaban J connectivity index is 1.85. The first-order chi connectivity index (χ1) is 14.8. The molecule has 3 aromatic rings. The van der Waals surface area contributed by atoms with Gasteiger partial charge in [-0.1, -0.05) is 12.1 Å². The number of hydrogen-bond donors (Lipinski definition) is 1. The highest BCUT2D eigenvalue weighted by Crippen LogP contribution is 2.23. The van der Waals surface area contributed by atoms with Crippen molar-refractivity contribution in [3.05, 3.63) is 86.2 Å². The minimum atomic E-state index is -0.363. The monoisotopic (exact) mass is 529 g/mol. The molecular formula is C24H24IN3O3. The quantitative estimate of drug-likeness (QED) is 0.211. The number of para-hydroxylation sites is 1. The van der Waals surface area contributed by atoms with Crippen LogP contribution in [0.25, 0.3) is 5.69 Å². The highest BCUT2D eigenvalue weighted by molar-refractivity contribution is 14.1. The molecule has 0 aliphatic heterocycles. The van der Waals surface area contributed by atoms with Gasteiger partial charge in [-0.2, -0.15) is 5.10 Å². The zero-order valence-corrected chi connectivity index (χ0v) is 20.0. The van der Waals surface area contributed by atoms with E-state index in [4.69, 9.17) is 4.74 Å². The molecule has 160 valence electrons. The summed E-state index contributed by atoms with van der Waals surface area (Å²) in [5, 5.41) is 4.11. The minimum absolute atomic E-state index is 0.202. The largest absolute Gasteiger partial charge is 0.459 e. The lowest BCUT2D eigenvalue weighted by Crippen LogP contribution is -2.17. The lowest BCUT2D eigenvalue weighted by molar-refractivity contribution is 0.0378. The maximum atomic E-state index is 12.6. The molecule has 0 bridgehead atoms. The van der Waals surface area contributed by atoms with Gasteiger partial charge < -0.3 is 9.30 Å². The van der Waals surface area contributed by atoms with Crippen molar-refractivity contribution >= 4 is 40.7 Å². The molecule has 2 aromatic carbocycles. The predicted molar refractivity (Wildman–Crippen MR) is 130 cm³/mol. The number of carbonyl (C=O) groups excluding carboxylic acids is 2. The topological polar surface area (TPSA) is 72.7 Å². The lowest BCUT2D eigenvalue weighted by Gasteiger charge is -2.15. The van der Waals surface area contributed by atoms with Gasteiger partial charge in [-0.05, 0) is 92.8 Å². The Kier molecular flexibility index (Phi) is 7.27. The second kappa shape index (κ2) is 9.91. The van der Waals surface area contributed by atoms with Crippen LogP contribution in [0.5, 0.6) is 0 Å². The summed E-state index contributed by atoms with van der Waals surface area (Å²) in [6.45, 7) is 7.55. The molecule has 0 aliphatic carbocycles. The number of carbonyl (C=O) groups is 2. The van der Waals surface area contributed by atoms with Crippen LogP contribution in [-0.2, 0) is 4.74 Å². The van der Waals surface area contributed by atoms with E-state index in [2.05, 4.69) is 33.1 Å². The SMILES string of the molecule is Cc1cc(/C=N\NC(=O)c2ccc(I)cc2)c(C)n1-c1ccccc1C(=O)OC(C)C. The molecule has 3 rings (SSSR count). The van der Waals surface area contributed by atoms with Crippen LogP contribution in [0.2, 0.25) is 0 Å². The van der Waals surface area contributed by atoms with Crippen LogP contribution in [0, 0.1) is 17.4 Å². The maximum absolute atomic E-state index is 12.6. The number of nitrogens with zero attached hydrogens (tertiary/aromatic N) is 2. The fraction of sp³-hybridized carbons (Fsp3) is 0.208. The standard InChI is InChI=1S/C24H24IN3O3/c1-15(2)31-24(30)21-7-5-6-8-22(21)28-16(3)13-19(17(28)4)14-26-27-23(29)18-9-11-20(25)12-10-18/h5-15H,1-4H3,(H,27,29)/b26-14-. The number of esters is 1. The Bertz CT molecular complexity index is 1130. The zero-order valence-electron chi connectivity index (χ0n) is 17.8. The molecule has 0 radical (unpaired) electrons. The van der Waals surface area contributed by atoms with Crippen LogP contribution >= 0.6 is 22.6 Å². The maximum Gasteiger partial charge on any atom is 0.340 e. The minimum Gasteiger partial charge on any atom is -0.459 e. The van der Waals surface area contributed by atoms with E-state index in [1.807, 2.05) is 68.7 Å². The van der Waals surface area contributed by atoms with Crippen molar-refractivity contribution in [3.63, 3.8) is 0 Å². The summed E-state index contributed by atoms with van der Waals surface area (Å²) in [4.78, 5) is 24.8. The van der Waals surface area contributed by atoms with Crippen molar-refractivity contribution in [1.29, 1.82) is 0 Å². The number of hydrazone groups is 1. The van der Waals surface area contributed by atoms with E-state index in [9.17, 15) is 9.59 Å². The van der Waals surface area contributed by atoms with Gasteiger partial charge in [0.1, 0.15) is 0 Å². The molecule has 6 nitrogen and oxygen atoms in total. The predicted octanol–water partition coefficient (Wildman–Crippen LogP) is 5.03. The summed E-state index contributed by atoms with van der Waals surface area (Å²) in [5.41, 5.74) is 7.01. The fourth-order valence-corrected chi connectivity index (χ4v) is 3.59. The van der Waals surface area contributed by atoms with E-state index in [1.54, 1.807) is 24.4 Å². The highest BCUT2D eigenvalue weighted by atomic mass is 127. The van der Waals surface area contributed by atoms with E-state index in [0.29, 0.717) is 11.1 Å². The number of aryl methyl sites for hydroxylation is 1. The van der Waals surface area contributed by atoms with Gasteiger partial charge in [-0.15, -0.1) is 0 Å². The number of amides is 1. The van der Waals surface area contributed by atoms with Crippen LogP contribution < -0.4 is 5.43 Å². The number of hydrogen-bond acceptors (Lipinski definition) is 4. The van der Waals surface area contributed by atoms with Crippen LogP contribution in [0.15, 0.2) is 59.7 Å². The van der Waals surface area contributed by atoms with Gasteiger partial charge in [0.05, 0.1) is 23.6 Å². The molecule has 0 unspecified atom stereocenters. The normalized spacial score (nSPS) is 11.2. The van der Waals surface area contributed by atoms with E-state index in [0.717, 1.165) is 26.2 Å². The third-order valence-corrected chi connectivity index (χ3v) is 5.37. The van der Waals surface area contributed by atoms with Crippen molar-refractivity contribution in [2.75, 3.05) is 0 Å². The first-order valence-corrected chi connectivity index (χ1v) is 10.9. The third-order valence-electron chi connectivity index (χ3n) is 4.65. The average Bonchev–Trinajstić information content (AvgIpc) is 3.01. The molecule has 0 aliphatic rings. The Morgan fingerprint density at radius 3 is 2.45 bits per heavy atom. The van der Waals surface area contributed by atoms with Gasteiger partial charge in [0.15, 0.2) is 0 Å². The van der Waals surface area contributed by atoms with Gasteiger partial charge in [0.2, 0.25) is 0 Å². The van der Waals surface area contributed by atoms with Gasteiger partial charge >= 0.3 is 5.97 Å². The van der Waals surface area contributed by atoms with Crippen molar-refractivity contribution in [2.45, 2.75) is 33.8 Å². The zero-order chi connectivity index (χ0) is 22.5. The molecule has 1 N–H and O–H groups in total. The second-order valence-corrected chi connectivity index (χ2v) is 8.58. The molecule has 1 aromatic heterocycles. The molecule has 1 amide bonds. The summed E-state index contributed by atoms with van der Waals surface area (Å²) in [6, 6.07) is 16.6. The number of halogens is 1. The number of nitrogens with one attached hydrogen (secondary N) is 1. The Hall–Kier alpha value is -2.94. The molecule has 31 heavy (non-hydrogen) atoms. The lowest BCUT2D eigenvalue weighted by atomic mass is 10.1. The smallest absolute Gasteiger partial charge is 0.340 e. The van der Waals surface area contributed by atoms with Gasteiger partial charge in [0, 0.05) is 26.1 Å². The molecule has 1 heterocycles. The first-order valence-electron chi connectivity index (χ1n) is 9.86. The molecule has 0 saturated carbocycles. The highest BCUT2D eigenvalue weighted by Gasteiger charge is 2.18. The van der Waals surface area contributed by atoms with Crippen molar-refractivity contribution in [1.82, 2.24) is 9.99 Å². The Morgan fingerprint density at radius 1 is 1.10 bits per heavy atom. The summed E-state index contributed by atoms with van der Waals surface area (Å²) in [5.74, 6) is -0.638. The molecule has 0 saturated heterocycles. The van der Waals surface area contributed by atoms with Crippen molar-refractivity contribution in [3.8, 4) is 5.69 Å². The van der Waals surface area contributed by atoms with E-state index in [-0.39, 0.29) is 18.0 Å². The van der Waals surface area contributed by atoms with Crippen molar-refractivity contribution < 1.29 is 14.3 Å². The molecule has 7 heteroatoms. The van der Waals surface area contributed by atoms with Crippen LogP contribution in [0.1, 0.15) is 51.5 Å². The summed E-state index contributed by atoms with van der Waals surface area (Å²) < 4.78 is 8.44. The van der Waals surface area contributed by atoms with Crippen LogP contribution in [0.4, 0.5) is 0 Å². The van der Waals surface area contributed by atoms with Gasteiger partial charge in [0.25, 0.3) is 5.91 Å². The Labute approximate surface area is 195 Å². The number of rotatable bonds is 6. The number of aromatic nitrogens is 1. The first kappa shape index (κ1) is 22.7. The van der Waals surface area contributed by atoms with Gasteiger partial charge in [-0.3, -0.25) is 4.79 Å². The second-order valence-electron chi connectivity index (χ2n) is 7.34. The Morgan fingerprint density at radius 2 is 1.77 bits per heavy atom. The molecule has 0 spiro atoms. The summed E-state index contributed by atoms with van der Waals surface area (Å²) in [6.07, 6.45) is 1.41. The van der Waals surface area contributed by atoms with Crippen LogP contribution in [0.3, 0.4) is 0 Å². The molecule has 0 fully saturated rings. The third kappa shape index (κ3) is 5.41. The number of benzene rings is 2. The van der Waals surface area contributed by atoms with Gasteiger partial charge in [-0.25, -0.2) is 10.2 Å². The molecular weight excluding hydrogens is 505 g/mol. The summed E-state index contributed by atoms with van der Waals surface area (Å²) >= 11 is 2.19. The van der Waals surface area contributed by atoms with E-state index < -0.39 is 0 Å².